The van der Waals surface area contributed by atoms with Crippen LogP contribution in [0.15, 0.2) is 59.6 Å². The number of carbonyl (C=O) groups is 1. The summed E-state index contributed by atoms with van der Waals surface area (Å²) in [5.74, 6) is -1.22. The average molecular weight is 677 g/mol. The van der Waals surface area contributed by atoms with Crippen molar-refractivity contribution in [3.05, 3.63) is 65.9 Å². The molecular weight excluding hydrogens is 654 g/mol. The van der Waals surface area contributed by atoms with Crippen molar-refractivity contribution in [1.29, 1.82) is 0 Å². The fourth-order valence-corrected chi connectivity index (χ4v) is 6.93. The Morgan fingerprint density at radius 2 is 1.71 bits per heavy atom. The lowest BCUT2D eigenvalue weighted by molar-refractivity contribution is -0.274. The Balaban J connectivity index is 1.40. The van der Waals surface area contributed by atoms with E-state index in [-0.39, 0.29) is 32.2 Å². The molecule has 0 spiro atoms. The second kappa shape index (κ2) is 12.3. The number of nitrogens with zero attached hydrogens (tertiary/aromatic N) is 5. The van der Waals surface area contributed by atoms with Crippen LogP contribution in [-0.4, -0.2) is 72.7 Å². The number of amides is 1. The molecule has 1 atom stereocenters. The van der Waals surface area contributed by atoms with Crippen LogP contribution in [0.2, 0.25) is 0 Å². The first-order valence-electron chi connectivity index (χ1n) is 12.9. The van der Waals surface area contributed by atoms with Crippen molar-refractivity contribution in [2.24, 2.45) is 0 Å². The van der Waals surface area contributed by atoms with Gasteiger partial charge < -0.3 is 19.7 Å². The first kappa shape index (κ1) is 32.2. The lowest BCUT2D eigenvalue weighted by Gasteiger charge is -2.39. The molecule has 2 aromatic heterocycles. The summed E-state index contributed by atoms with van der Waals surface area (Å²) < 4.78 is 114. The maximum Gasteiger partial charge on any atom is 0.573 e. The van der Waals surface area contributed by atoms with Crippen LogP contribution in [0.5, 0.6) is 11.8 Å². The third-order valence-corrected chi connectivity index (χ3v) is 9.58. The fraction of sp³-hybridized carbons (Fsp3) is 0.308. The lowest BCUT2D eigenvalue weighted by atomic mass is 10.1. The van der Waals surface area contributed by atoms with Crippen molar-refractivity contribution >= 4 is 42.7 Å². The van der Waals surface area contributed by atoms with Crippen LogP contribution in [0.4, 0.5) is 31.5 Å². The molecule has 0 saturated carbocycles. The second-order valence-corrected chi connectivity index (χ2v) is 12.4. The van der Waals surface area contributed by atoms with E-state index in [2.05, 4.69) is 25.0 Å². The number of hydrogen-bond donors (Lipinski definition) is 1. The monoisotopic (exact) mass is 676 g/mol. The van der Waals surface area contributed by atoms with Crippen LogP contribution < -0.4 is 19.7 Å². The third kappa shape index (κ3) is 7.36. The molecular formula is C26H22F6N6O5S2. The summed E-state index contributed by atoms with van der Waals surface area (Å²) in [5.41, 5.74) is -0.329. The van der Waals surface area contributed by atoms with Crippen molar-refractivity contribution in [3.63, 3.8) is 0 Å². The summed E-state index contributed by atoms with van der Waals surface area (Å²) in [6.07, 6.45) is -8.06. The largest absolute Gasteiger partial charge is 0.573 e. The number of rotatable bonds is 8. The molecule has 0 radical (unpaired) electrons. The number of anilines is 1. The van der Waals surface area contributed by atoms with E-state index >= 15 is 0 Å². The normalized spacial score (nSPS) is 16.5. The van der Waals surface area contributed by atoms with E-state index in [0.717, 1.165) is 28.6 Å². The van der Waals surface area contributed by atoms with Crippen LogP contribution in [0.3, 0.4) is 0 Å². The molecule has 5 rings (SSSR count). The van der Waals surface area contributed by atoms with Gasteiger partial charge >= 0.3 is 18.5 Å². The Labute approximate surface area is 255 Å². The van der Waals surface area contributed by atoms with Crippen LogP contribution in [0.1, 0.15) is 11.1 Å². The summed E-state index contributed by atoms with van der Waals surface area (Å²) in [6, 6.07) is 6.35. The van der Waals surface area contributed by atoms with Crippen molar-refractivity contribution in [3.8, 4) is 11.8 Å². The molecule has 3 heterocycles. The van der Waals surface area contributed by atoms with Gasteiger partial charge in [0, 0.05) is 26.2 Å². The van der Waals surface area contributed by atoms with Gasteiger partial charge in [-0.05, 0) is 42.0 Å². The highest BCUT2D eigenvalue weighted by Crippen LogP contribution is 2.33. The molecule has 0 unspecified atom stereocenters. The number of sulfonamides is 1. The number of nitrogens with one attached hydrogen (secondary N) is 1. The van der Waals surface area contributed by atoms with E-state index in [1.807, 2.05) is 0 Å². The molecule has 1 aliphatic heterocycles. The summed E-state index contributed by atoms with van der Waals surface area (Å²) in [6.45, 7) is -0.509. The number of thiazole rings is 1. The highest BCUT2D eigenvalue weighted by molar-refractivity contribution is 7.89. The minimum Gasteiger partial charge on any atom is -0.467 e. The Kier molecular flexibility index (Phi) is 8.78. The molecule has 240 valence electrons. The molecule has 19 heteroatoms. The number of halogens is 6. The number of hydrogen-bond acceptors (Lipinski definition) is 10. The summed E-state index contributed by atoms with van der Waals surface area (Å²) in [7, 11) is -3.08. The smallest absolute Gasteiger partial charge is 0.467 e. The maximum absolute atomic E-state index is 13.6. The van der Waals surface area contributed by atoms with Gasteiger partial charge in [-0.15, -0.1) is 13.2 Å². The maximum atomic E-state index is 13.6. The van der Waals surface area contributed by atoms with Gasteiger partial charge in [0.05, 0.1) is 28.5 Å². The predicted molar refractivity (Wildman–Crippen MR) is 148 cm³/mol. The molecule has 45 heavy (non-hydrogen) atoms. The zero-order valence-corrected chi connectivity index (χ0v) is 24.6. The quantitative estimate of drug-likeness (QED) is 0.273. The zero-order chi connectivity index (χ0) is 32.6. The number of alkyl halides is 6. The van der Waals surface area contributed by atoms with Gasteiger partial charge in [-0.3, -0.25) is 4.79 Å². The van der Waals surface area contributed by atoms with E-state index in [4.69, 9.17) is 4.74 Å². The van der Waals surface area contributed by atoms with E-state index in [9.17, 15) is 39.6 Å². The fourth-order valence-electron chi connectivity index (χ4n) is 4.45. The summed E-state index contributed by atoms with van der Waals surface area (Å²) in [4.78, 5) is 27.4. The first-order chi connectivity index (χ1) is 21.1. The Bertz CT molecular complexity index is 1780. The summed E-state index contributed by atoms with van der Waals surface area (Å²) in [5, 5.41) is 3.01. The average Bonchev–Trinajstić information content (AvgIpc) is 3.42. The molecule has 4 aromatic rings. The molecule has 1 fully saturated rings. The molecule has 1 aliphatic rings. The number of benzene rings is 2. The Morgan fingerprint density at radius 3 is 2.33 bits per heavy atom. The van der Waals surface area contributed by atoms with E-state index in [0.29, 0.717) is 33.2 Å². The van der Waals surface area contributed by atoms with Crippen molar-refractivity contribution in [2.45, 2.75) is 30.0 Å². The van der Waals surface area contributed by atoms with Crippen LogP contribution in [-0.2, 0) is 27.5 Å². The second-order valence-electron chi connectivity index (χ2n) is 9.55. The number of fused-ring (bicyclic) bond motifs is 1. The van der Waals surface area contributed by atoms with Crippen molar-refractivity contribution in [2.75, 3.05) is 31.6 Å². The first-order valence-corrected chi connectivity index (χ1v) is 15.1. The number of aromatic nitrogens is 3. The number of methoxy groups -OCH3 is 1. The van der Waals surface area contributed by atoms with Crippen LogP contribution >= 0.6 is 11.3 Å². The van der Waals surface area contributed by atoms with Gasteiger partial charge in [0.2, 0.25) is 15.9 Å². The van der Waals surface area contributed by atoms with Gasteiger partial charge in [0.15, 0.2) is 10.8 Å². The van der Waals surface area contributed by atoms with Gasteiger partial charge in [0.1, 0.15) is 11.8 Å². The van der Waals surface area contributed by atoms with Crippen molar-refractivity contribution in [1.82, 2.24) is 24.6 Å². The highest BCUT2D eigenvalue weighted by Gasteiger charge is 2.41. The van der Waals surface area contributed by atoms with Gasteiger partial charge in [0.25, 0.3) is 0 Å². The third-order valence-electron chi connectivity index (χ3n) is 6.62. The van der Waals surface area contributed by atoms with Crippen molar-refractivity contribution < 1.29 is 49.0 Å². The van der Waals surface area contributed by atoms with E-state index in [1.165, 1.54) is 36.8 Å². The number of ether oxygens (including phenoxy) is 2. The molecule has 2 aromatic carbocycles. The Hall–Kier alpha value is -4.23. The van der Waals surface area contributed by atoms with E-state index < -0.39 is 50.7 Å². The zero-order valence-electron chi connectivity index (χ0n) is 23.0. The minimum atomic E-state index is -4.88. The number of carbonyl (C=O) groups excluding carboxylic acids is 1. The van der Waals surface area contributed by atoms with Gasteiger partial charge in [-0.1, -0.05) is 23.5 Å². The molecule has 1 amide bonds. The molecule has 1 saturated heterocycles. The standard InChI is InChI=1S/C26H22F6N6O5S2/c1-42-23-34-13-20-21(35-23)36-24(44-20)37-10-11-38(45(40,41)18-8-4-16(5-9-18)25(27,28)29)19(14-37)22(39)33-12-15-2-6-17(7-3-15)43-26(30,31)32/h2-9,13,19H,10-12,14H2,1H3,(H,33,39)/t19-/m1/s1. The van der Waals surface area contributed by atoms with Crippen LogP contribution in [0, 0.1) is 0 Å². The van der Waals surface area contributed by atoms with Crippen LogP contribution in [0.25, 0.3) is 10.3 Å². The van der Waals surface area contributed by atoms with Gasteiger partial charge in [-0.25, -0.2) is 13.4 Å². The highest BCUT2D eigenvalue weighted by atomic mass is 32.2. The van der Waals surface area contributed by atoms with Gasteiger partial charge in [-0.2, -0.15) is 27.4 Å². The molecule has 1 N–H and O–H groups in total. The molecule has 11 nitrogen and oxygen atoms in total. The molecule has 0 bridgehead atoms. The minimum absolute atomic E-state index is 0.0781. The lowest BCUT2D eigenvalue weighted by Crippen LogP contribution is -2.60. The topological polar surface area (TPSA) is 127 Å². The van der Waals surface area contributed by atoms with E-state index in [1.54, 1.807) is 4.90 Å². The number of piperazine rings is 1. The molecule has 0 aliphatic carbocycles. The SMILES string of the molecule is COc1ncc2sc(N3CCN(S(=O)(=O)c4ccc(C(F)(F)F)cc4)[C@@H](C(=O)NCc4ccc(OC(F)(F)F)cc4)C3)nc2n1. The Morgan fingerprint density at radius 1 is 1.02 bits per heavy atom. The predicted octanol–water partition coefficient (Wildman–Crippen LogP) is 4.21. The summed E-state index contributed by atoms with van der Waals surface area (Å²) >= 11 is 1.20.